The Hall–Kier alpha value is -2.56. The molecule has 0 aliphatic carbocycles. The highest BCUT2D eigenvalue weighted by Gasteiger charge is 2.54. The van der Waals surface area contributed by atoms with E-state index in [1.165, 1.54) is 11.8 Å². The van der Waals surface area contributed by atoms with Crippen molar-refractivity contribution < 1.29 is 14.7 Å². The number of fused-ring (bicyclic) bond motifs is 1. The maximum atomic E-state index is 14.7. The summed E-state index contributed by atoms with van der Waals surface area (Å²) < 4.78 is 0. The first-order valence-electron chi connectivity index (χ1n) is 16.2. The Bertz CT molecular complexity index is 1550. The largest absolute Gasteiger partial charge is 0.395 e. The molecule has 6 rings (SSSR count). The predicted molar refractivity (Wildman–Crippen MR) is 186 cm³/mol. The number of benzene rings is 2. The van der Waals surface area contributed by atoms with E-state index in [4.69, 9.17) is 28.2 Å². The van der Waals surface area contributed by atoms with Crippen LogP contribution in [0.25, 0.3) is 0 Å². The summed E-state index contributed by atoms with van der Waals surface area (Å²) in [5, 5.41) is 11.5. The van der Waals surface area contributed by atoms with E-state index >= 15 is 0 Å². The molecule has 246 valence electrons. The number of halogens is 2. The highest BCUT2D eigenvalue weighted by molar-refractivity contribution is 8.18. The zero-order valence-electron chi connectivity index (χ0n) is 27.1. The number of carbonyl (C=O) groups excluding carboxylic acids is 2. The van der Waals surface area contributed by atoms with Gasteiger partial charge in [-0.3, -0.25) is 14.5 Å². The van der Waals surface area contributed by atoms with Crippen LogP contribution in [-0.2, 0) is 15.1 Å². The number of allylic oxidation sites excluding steroid dienone is 1. The van der Waals surface area contributed by atoms with Crippen molar-refractivity contribution in [1.29, 1.82) is 0 Å². The van der Waals surface area contributed by atoms with Gasteiger partial charge in [-0.15, -0.1) is 0 Å². The van der Waals surface area contributed by atoms with Gasteiger partial charge in [0, 0.05) is 54.0 Å². The first-order chi connectivity index (χ1) is 21.9. The topological polar surface area (TPSA) is 79.7 Å². The third-order valence-electron chi connectivity index (χ3n) is 10.0. The molecule has 11 heteroatoms. The van der Waals surface area contributed by atoms with E-state index in [2.05, 4.69) is 44.4 Å². The molecule has 0 aromatic heterocycles. The minimum atomic E-state index is -0.649. The number of carbonyl (C=O) groups is 2. The van der Waals surface area contributed by atoms with Crippen LogP contribution in [0, 0.1) is 5.92 Å². The van der Waals surface area contributed by atoms with Crippen molar-refractivity contribution >= 4 is 51.9 Å². The van der Waals surface area contributed by atoms with Gasteiger partial charge < -0.3 is 19.8 Å². The zero-order valence-corrected chi connectivity index (χ0v) is 29.4. The fraction of sp³-hybridized carbons (Fsp3) is 0.514. The molecule has 8 nitrogen and oxygen atoms in total. The third kappa shape index (κ3) is 5.87. The monoisotopic (exact) mass is 683 g/mol. The Morgan fingerprint density at radius 1 is 1.00 bits per heavy atom. The van der Waals surface area contributed by atoms with Crippen LogP contribution in [0.3, 0.4) is 0 Å². The van der Waals surface area contributed by atoms with Gasteiger partial charge >= 0.3 is 0 Å². The van der Waals surface area contributed by atoms with E-state index in [1.807, 2.05) is 58.3 Å². The van der Waals surface area contributed by atoms with Crippen LogP contribution in [0.5, 0.6) is 0 Å². The minimum absolute atomic E-state index is 0.0223. The van der Waals surface area contributed by atoms with Gasteiger partial charge in [-0.05, 0) is 86.7 Å². The van der Waals surface area contributed by atoms with E-state index in [1.54, 1.807) is 0 Å². The van der Waals surface area contributed by atoms with E-state index in [-0.39, 0.29) is 42.5 Å². The van der Waals surface area contributed by atoms with Gasteiger partial charge in [0.25, 0.3) is 5.91 Å². The van der Waals surface area contributed by atoms with Crippen molar-refractivity contribution in [2.75, 3.05) is 32.8 Å². The van der Waals surface area contributed by atoms with Crippen LogP contribution in [0.1, 0.15) is 64.6 Å². The summed E-state index contributed by atoms with van der Waals surface area (Å²) in [6.07, 6.45) is 1.43. The van der Waals surface area contributed by atoms with Gasteiger partial charge in [-0.1, -0.05) is 61.3 Å². The minimum Gasteiger partial charge on any atom is -0.395 e. The van der Waals surface area contributed by atoms with Crippen LogP contribution in [0.15, 0.2) is 64.1 Å². The number of nitrogens with zero attached hydrogens (tertiary/aromatic N) is 5. The Morgan fingerprint density at radius 3 is 2.26 bits per heavy atom. The van der Waals surface area contributed by atoms with E-state index in [9.17, 15) is 14.7 Å². The van der Waals surface area contributed by atoms with Gasteiger partial charge in [0.2, 0.25) is 5.91 Å². The first-order valence-corrected chi connectivity index (χ1v) is 17.8. The number of aliphatic imine (C=N–C) groups is 1. The van der Waals surface area contributed by atoms with E-state index < -0.39 is 11.6 Å². The second-order valence-electron chi connectivity index (χ2n) is 13.4. The quantitative estimate of drug-likeness (QED) is 0.378. The summed E-state index contributed by atoms with van der Waals surface area (Å²) in [4.78, 5) is 42.9. The fourth-order valence-corrected chi connectivity index (χ4v) is 9.22. The van der Waals surface area contributed by atoms with Crippen molar-refractivity contribution in [2.45, 2.75) is 77.2 Å². The summed E-state index contributed by atoms with van der Waals surface area (Å²) in [7, 11) is 0. The molecule has 0 saturated carbocycles. The van der Waals surface area contributed by atoms with Crippen molar-refractivity contribution in [3.8, 4) is 0 Å². The van der Waals surface area contributed by atoms with Gasteiger partial charge in [-0.25, -0.2) is 4.99 Å². The van der Waals surface area contributed by atoms with Crippen LogP contribution in [0.4, 0.5) is 0 Å². The molecule has 4 heterocycles. The Morgan fingerprint density at radius 2 is 1.65 bits per heavy atom. The lowest BCUT2D eigenvalue weighted by Gasteiger charge is -2.41. The average molecular weight is 685 g/mol. The average Bonchev–Trinajstić information content (AvgIpc) is 3.67. The molecule has 4 aliphatic heterocycles. The highest BCUT2D eigenvalue weighted by Crippen LogP contribution is 2.56. The third-order valence-corrected chi connectivity index (χ3v) is 11.6. The van der Waals surface area contributed by atoms with E-state index in [0.717, 1.165) is 35.0 Å². The van der Waals surface area contributed by atoms with Crippen molar-refractivity contribution in [1.82, 2.24) is 19.6 Å². The van der Waals surface area contributed by atoms with Crippen molar-refractivity contribution in [3.63, 3.8) is 0 Å². The molecule has 4 unspecified atom stereocenters. The molecule has 2 aromatic carbocycles. The number of amidine groups is 1. The summed E-state index contributed by atoms with van der Waals surface area (Å²) in [5.74, 6) is -0.0479. The molecule has 5 atom stereocenters. The molecule has 0 radical (unpaired) electrons. The predicted octanol–water partition coefficient (Wildman–Crippen LogP) is 6.14. The summed E-state index contributed by atoms with van der Waals surface area (Å²) in [6, 6.07) is 15.1. The molecule has 2 amide bonds. The zero-order chi connectivity index (χ0) is 32.9. The molecule has 0 bridgehead atoms. The maximum Gasteiger partial charge on any atom is 0.263 e. The maximum absolute atomic E-state index is 14.7. The van der Waals surface area contributed by atoms with Gasteiger partial charge in [-0.2, -0.15) is 0 Å². The van der Waals surface area contributed by atoms with Gasteiger partial charge in [0.15, 0.2) is 5.17 Å². The smallest absolute Gasteiger partial charge is 0.263 e. The van der Waals surface area contributed by atoms with Crippen molar-refractivity contribution in [2.24, 2.45) is 10.9 Å². The van der Waals surface area contributed by atoms with Crippen molar-refractivity contribution in [3.05, 3.63) is 80.3 Å². The molecule has 2 aromatic rings. The number of β-amino-alcohol motifs (C(OH)–C–C–N with tert-alkyl or cyclic N) is 1. The molecule has 2 fully saturated rings. The SMILES string of the molecule is CC(C)C1=C(C(=O)N2C(C)CC[C@@H]2C(=O)N2CCN(CCO)C(C)C2)SC2=NC(C)(c3ccc(Cl)cc3)C(c3ccc(Cl)cc3)N21. The van der Waals surface area contributed by atoms with Gasteiger partial charge in [0.05, 0.1) is 12.6 Å². The number of piperazine rings is 1. The lowest BCUT2D eigenvalue weighted by molar-refractivity contribution is -0.145. The lowest BCUT2D eigenvalue weighted by Crippen LogP contribution is -2.58. The number of likely N-dealkylation sites (tertiary alicyclic amines) is 1. The molecule has 2 saturated heterocycles. The normalized spacial score (nSPS) is 28.4. The Balaban J connectivity index is 1.35. The number of aliphatic hydroxyl groups is 1. The Kier molecular flexibility index (Phi) is 9.53. The van der Waals surface area contributed by atoms with Crippen LogP contribution >= 0.6 is 35.0 Å². The second kappa shape index (κ2) is 13.2. The van der Waals surface area contributed by atoms with Gasteiger partial charge in [0.1, 0.15) is 16.5 Å². The number of hydrogen-bond donors (Lipinski definition) is 1. The molecular formula is C35H43Cl2N5O3S. The Labute approximate surface area is 286 Å². The second-order valence-corrected chi connectivity index (χ2v) is 15.2. The summed E-state index contributed by atoms with van der Waals surface area (Å²) in [6.45, 7) is 13.1. The lowest BCUT2D eigenvalue weighted by atomic mass is 9.81. The van der Waals surface area contributed by atoms with Crippen LogP contribution in [0.2, 0.25) is 10.0 Å². The summed E-state index contributed by atoms with van der Waals surface area (Å²) >= 11 is 14.0. The molecule has 1 N–H and O–H groups in total. The summed E-state index contributed by atoms with van der Waals surface area (Å²) in [5.41, 5.74) is 2.36. The molecular weight excluding hydrogens is 641 g/mol. The molecule has 0 spiro atoms. The molecule has 4 aliphatic rings. The highest BCUT2D eigenvalue weighted by atomic mass is 35.5. The number of rotatable bonds is 7. The van der Waals surface area contributed by atoms with E-state index in [0.29, 0.717) is 41.0 Å². The fourth-order valence-electron chi connectivity index (χ4n) is 7.62. The van der Waals surface area contributed by atoms with Crippen LogP contribution in [-0.4, -0.2) is 92.6 Å². The molecule has 46 heavy (non-hydrogen) atoms. The standard InChI is InChI=1S/C35H43Cl2N5O3S/c1-21(2)29-30(33(45)41-22(3)6-15-28(41)32(44)40-17-16-39(18-19-43)23(4)20-40)46-34-38-35(5,25-9-13-27(37)14-10-25)31(42(29)34)24-7-11-26(36)12-8-24/h7-14,21-23,28,31,43H,6,15-20H2,1-5H3/t22?,23?,28-,31?,35?/m1/s1. The van der Waals surface area contributed by atoms with Crippen LogP contribution < -0.4 is 0 Å². The number of aliphatic hydroxyl groups excluding tert-OH is 1. The number of thioether (sulfide) groups is 1. The number of hydrogen-bond acceptors (Lipinski definition) is 7. The number of amides is 2. The first kappa shape index (κ1) is 33.3.